The first-order valence-electron chi connectivity index (χ1n) is 11.8. The van der Waals surface area contributed by atoms with E-state index >= 15 is 0 Å². The Morgan fingerprint density at radius 1 is 0.538 bits per heavy atom. The molecule has 1 unspecified atom stereocenters. The van der Waals surface area contributed by atoms with E-state index in [1.54, 1.807) is 0 Å². The molecule has 0 heterocycles. The van der Waals surface area contributed by atoms with Gasteiger partial charge < -0.3 is 0 Å². The third kappa shape index (κ3) is 2.98. The average Bonchev–Trinajstić information content (AvgIpc) is 2.73. The molecule has 0 aliphatic heterocycles. The minimum absolute atomic E-state index is 0.739. The summed E-state index contributed by atoms with van der Waals surface area (Å²) in [6, 6.07) is 0. The predicted molar refractivity (Wildman–Crippen MR) is 111 cm³/mol. The van der Waals surface area contributed by atoms with E-state index in [-0.39, 0.29) is 0 Å². The topological polar surface area (TPSA) is 0 Å². The molecule has 1 fully saturated rings. The van der Waals surface area contributed by atoms with Gasteiger partial charge in [0.05, 0.1) is 0 Å². The zero-order valence-electron chi connectivity index (χ0n) is 16.6. The highest BCUT2D eigenvalue weighted by molar-refractivity contribution is 5.57. The minimum atomic E-state index is 0.739. The smallest absolute Gasteiger partial charge is 0.00237 e. The number of hydrogen-bond acceptors (Lipinski definition) is 0. The van der Waals surface area contributed by atoms with Crippen molar-refractivity contribution in [2.24, 2.45) is 0 Å². The summed E-state index contributed by atoms with van der Waals surface area (Å²) in [5.41, 5.74) is 11.2. The fourth-order valence-electron chi connectivity index (χ4n) is 6.75. The third-order valence-corrected chi connectivity index (χ3v) is 7.87. The van der Waals surface area contributed by atoms with Crippen LogP contribution in [0.1, 0.15) is 122 Å². The Bertz CT molecular complexity index is 649. The van der Waals surface area contributed by atoms with Gasteiger partial charge in [0.1, 0.15) is 0 Å². The Morgan fingerprint density at radius 2 is 1.12 bits per heavy atom. The Morgan fingerprint density at radius 3 is 1.65 bits per heavy atom. The SMILES string of the molecule is C1=CC(c2c3c(c(C4CCCCC4)c4c2CCCC4)CCCC3)CCC1. The second kappa shape index (κ2) is 7.53. The zero-order valence-corrected chi connectivity index (χ0v) is 16.6. The third-order valence-electron chi connectivity index (χ3n) is 7.87. The number of allylic oxidation sites excluding steroid dienone is 2. The van der Waals surface area contributed by atoms with E-state index in [2.05, 4.69) is 12.2 Å². The lowest BCUT2D eigenvalue weighted by Crippen LogP contribution is -2.23. The molecule has 1 saturated carbocycles. The van der Waals surface area contributed by atoms with Crippen molar-refractivity contribution in [1.29, 1.82) is 0 Å². The lowest BCUT2D eigenvalue weighted by molar-refractivity contribution is 0.435. The van der Waals surface area contributed by atoms with Crippen molar-refractivity contribution in [3.63, 3.8) is 0 Å². The molecule has 26 heavy (non-hydrogen) atoms. The molecule has 0 amide bonds. The molecule has 5 rings (SSSR count). The van der Waals surface area contributed by atoms with E-state index in [1.165, 1.54) is 103 Å². The van der Waals surface area contributed by atoms with Crippen LogP contribution in [0.2, 0.25) is 0 Å². The van der Waals surface area contributed by atoms with Crippen LogP contribution in [0, 0.1) is 0 Å². The van der Waals surface area contributed by atoms with Gasteiger partial charge in [-0.1, -0.05) is 31.4 Å². The molecule has 0 N–H and O–H groups in total. The summed E-state index contributed by atoms with van der Waals surface area (Å²) in [7, 11) is 0. The first-order chi connectivity index (χ1) is 12.9. The standard InChI is InChI=1S/C26H36/c1-3-11-19(12-4-1)25-21-15-7-9-17-23(21)26(20-13-5-2-6-14-20)24-18-10-8-16-22(24)25/h3,11,19-20H,1-2,4-10,12-18H2. The van der Waals surface area contributed by atoms with Crippen LogP contribution in [-0.4, -0.2) is 0 Å². The maximum absolute atomic E-state index is 2.59. The van der Waals surface area contributed by atoms with Crippen molar-refractivity contribution in [2.45, 2.75) is 115 Å². The summed E-state index contributed by atoms with van der Waals surface area (Å²) in [5, 5.41) is 0. The van der Waals surface area contributed by atoms with E-state index in [0.717, 1.165) is 11.8 Å². The zero-order chi connectivity index (χ0) is 17.3. The molecule has 4 aliphatic carbocycles. The van der Waals surface area contributed by atoms with E-state index in [1.807, 2.05) is 33.4 Å². The van der Waals surface area contributed by atoms with Crippen LogP contribution >= 0.6 is 0 Å². The van der Waals surface area contributed by atoms with Gasteiger partial charge in [-0.15, -0.1) is 0 Å². The Balaban J connectivity index is 1.71. The van der Waals surface area contributed by atoms with Gasteiger partial charge >= 0.3 is 0 Å². The predicted octanol–water partition coefficient (Wildman–Crippen LogP) is 7.32. The molecule has 0 bridgehead atoms. The molecular weight excluding hydrogens is 312 g/mol. The highest BCUT2D eigenvalue weighted by Gasteiger charge is 2.32. The molecule has 0 aromatic heterocycles. The maximum atomic E-state index is 2.59. The van der Waals surface area contributed by atoms with Gasteiger partial charge in [0, 0.05) is 5.92 Å². The first-order valence-corrected chi connectivity index (χ1v) is 11.8. The largest absolute Gasteiger partial charge is 0.0879 e. The average molecular weight is 349 g/mol. The summed E-state index contributed by atoms with van der Waals surface area (Å²) in [5.74, 6) is 1.64. The molecular formula is C26H36. The number of benzene rings is 1. The summed E-state index contributed by atoms with van der Waals surface area (Å²) in [6.07, 6.45) is 27.8. The van der Waals surface area contributed by atoms with Gasteiger partial charge in [-0.3, -0.25) is 0 Å². The van der Waals surface area contributed by atoms with Crippen LogP contribution in [0.5, 0.6) is 0 Å². The highest BCUT2D eigenvalue weighted by atomic mass is 14.4. The monoisotopic (exact) mass is 348 g/mol. The van der Waals surface area contributed by atoms with E-state index in [0.29, 0.717) is 0 Å². The molecule has 0 nitrogen and oxygen atoms in total. The van der Waals surface area contributed by atoms with Crippen LogP contribution in [0.4, 0.5) is 0 Å². The lowest BCUT2D eigenvalue weighted by Gasteiger charge is -2.37. The normalized spacial score (nSPS) is 26.4. The summed E-state index contributed by atoms with van der Waals surface area (Å²) >= 11 is 0. The molecule has 0 saturated heterocycles. The molecule has 4 aliphatic rings. The molecule has 140 valence electrons. The van der Waals surface area contributed by atoms with Crippen molar-refractivity contribution in [3.05, 3.63) is 45.5 Å². The molecule has 1 atom stereocenters. The fourth-order valence-corrected chi connectivity index (χ4v) is 6.75. The lowest BCUT2D eigenvalue weighted by atomic mass is 9.67. The highest BCUT2D eigenvalue weighted by Crippen LogP contribution is 2.47. The van der Waals surface area contributed by atoms with Crippen molar-refractivity contribution < 1.29 is 0 Å². The molecule has 1 aromatic rings. The van der Waals surface area contributed by atoms with E-state index < -0.39 is 0 Å². The number of hydrogen-bond donors (Lipinski definition) is 0. The maximum Gasteiger partial charge on any atom is 0.00237 e. The van der Waals surface area contributed by atoms with Crippen LogP contribution in [0.3, 0.4) is 0 Å². The summed E-state index contributed by atoms with van der Waals surface area (Å²) in [6.45, 7) is 0. The van der Waals surface area contributed by atoms with E-state index in [9.17, 15) is 0 Å². The summed E-state index contributed by atoms with van der Waals surface area (Å²) in [4.78, 5) is 0. The quantitative estimate of drug-likeness (QED) is 0.491. The number of fused-ring (bicyclic) bond motifs is 2. The van der Waals surface area contributed by atoms with Gasteiger partial charge in [0.15, 0.2) is 0 Å². The van der Waals surface area contributed by atoms with Crippen molar-refractivity contribution in [1.82, 2.24) is 0 Å². The van der Waals surface area contributed by atoms with Crippen LogP contribution in [0.25, 0.3) is 0 Å². The van der Waals surface area contributed by atoms with Crippen LogP contribution in [0.15, 0.2) is 12.2 Å². The van der Waals surface area contributed by atoms with Crippen molar-refractivity contribution in [2.75, 3.05) is 0 Å². The van der Waals surface area contributed by atoms with E-state index in [4.69, 9.17) is 0 Å². The second-order valence-electron chi connectivity index (χ2n) is 9.46. The Hall–Kier alpha value is -1.04. The Labute approximate surface area is 160 Å². The van der Waals surface area contributed by atoms with Crippen molar-refractivity contribution in [3.8, 4) is 0 Å². The van der Waals surface area contributed by atoms with Gasteiger partial charge in [0.2, 0.25) is 0 Å². The first kappa shape index (κ1) is 17.1. The minimum Gasteiger partial charge on any atom is -0.0879 e. The Kier molecular flexibility index (Phi) is 4.95. The number of rotatable bonds is 2. The van der Waals surface area contributed by atoms with Gasteiger partial charge in [-0.05, 0) is 123 Å². The van der Waals surface area contributed by atoms with Crippen LogP contribution < -0.4 is 0 Å². The van der Waals surface area contributed by atoms with Gasteiger partial charge in [-0.25, -0.2) is 0 Å². The molecule has 1 aromatic carbocycles. The fraction of sp³-hybridized carbons (Fsp3) is 0.692. The molecule has 0 spiro atoms. The molecule has 0 heteroatoms. The summed E-state index contributed by atoms with van der Waals surface area (Å²) < 4.78 is 0. The van der Waals surface area contributed by atoms with Gasteiger partial charge in [-0.2, -0.15) is 0 Å². The van der Waals surface area contributed by atoms with Crippen molar-refractivity contribution >= 4 is 0 Å². The molecule has 0 radical (unpaired) electrons. The van der Waals surface area contributed by atoms with Gasteiger partial charge in [0.25, 0.3) is 0 Å². The van der Waals surface area contributed by atoms with Crippen LogP contribution in [-0.2, 0) is 25.7 Å². The second-order valence-corrected chi connectivity index (χ2v) is 9.46.